The van der Waals surface area contributed by atoms with Crippen LogP contribution in [0.25, 0.3) is 56.9 Å². The van der Waals surface area contributed by atoms with Crippen LogP contribution in [-0.2, 0) is 21.7 Å². The molecule has 3 heterocycles. The van der Waals surface area contributed by atoms with Gasteiger partial charge in [-0.15, -0.1) is 0 Å². The second-order valence-electron chi connectivity index (χ2n) is 17.6. The van der Waals surface area contributed by atoms with Crippen molar-refractivity contribution in [2.24, 2.45) is 0 Å². The average Bonchev–Trinajstić information content (AvgIpc) is 3.09. The maximum Gasteiger partial charge on any atom is 0.164 e. The summed E-state index contributed by atoms with van der Waals surface area (Å²) in [6, 6.07) is 22.2. The van der Waals surface area contributed by atoms with Gasteiger partial charge in [-0.3, -0.25) is 0 Å². The second kappa shape index (κ2) is 13.5. The third-order valence-electron chi connectivity index (χ3n) is 8.41. The summed E-state index contributed by atoms with van der Waals surface area (Å²) in [6.07, 6.45) is 0. The van der Waals surface area contributed by atoms with E-state index in [1.54, 1.807) is 0 Å². The summed E-state index contributed by atoms with van der Waals surface area (Å²) in [7, 11) is 0. The van der Waals surface area contributed by atoms with Gasteiger partial charge in [-0.1, -0.05) is 132 Å². The molecule has 0 atom stereocenters. The molecule has 0 aliphatic heterocycles. The summed E-state index contributed by atoms with van der Waals surface area (Å²) >= 11 is 0. The van der Waals surface area contributed by atoms with E-state index < -0.39 is 5.82 Å². The SMILES string of the molecule is CC(C)(C)c1nc(-c2cccc(-c3nc(-c4ccccc4)nc(-c4cc(F)cc(-c5nc(C(C)(C)C)nc(C(C)(C)C)n5)c4)n3)c2)nc(C(C)(C)C)n1. The Morgan fingerprint density at radius 3 is 1.02 bits per heavy atom. The molecule has 0 spiro atoms. The molecule has 6 aromatic rings. The molecule has 272 valence electrons. The summed E-state index contributed by atoms with van der Waals surface area (Å²) in [5.41, 5.74) is 2.05. The molecule has 10 heteroatoms. The highest BCUT2D eigenvalue weighted by Gasteiger charge is 2.27. The van der Waals surface area contributed by atoms with Crippen molar-refractivity contribution < 1.29 is 4.39 Å². The lowest BCUT2D eigenvalue weighted by Crippen LogP contribution is -2.24. The first-order valence-corrected chi connectivity index (χ1v) is 17.9. The van der Waals surface area contributed by atoms with Crippen molar-refractivity contribution in [1.29, 1.82) is 0 Å². The van der Waals surface area contributed by atoms with Crippen molar-refractivity contribution in [3.8, 4) is 56.9 Å². The highest BCUT2D eigenvalue weighted by atomic mass is 19.1. The summed E-state index contributed by atoms with van der Waals surface area (Å²) in [5, 5.41) is 0. The van der Waals surface area contributed by atoms with Crippen LogP contribution in [0.2, 0.25) is 0 Å². The Labute approximate surface area is 312 Å². The van der Waals surface area contributed by atoms with Gasteiger partial charge >= 0.3 is 0 Å². The summed E-state index contributed by atoms with van der Waals surface area (Å²) < 4.78 is 15.6. The minimum absolute atomic E-state index is 0.281. The Morgan fingerprint density at radius 2 is 0.623 bits per heavy atom. The molecule has 0 unspecified atom stereocenters. The van der Waals surface area contributed by atoms with Crippen LogP contribution in [-0.4, -0.2) is 44.9 Å². The maximum absolute atomic E-state index is 15.6. The molecule has 53 heavy (non-hydrogen) atoms. The molecule has 0 aliphatic rings. The Kier molecular flexibility index (Phi) is 9.56. The highest BCUT2D eigenvalue weighted by Crippen LogP contribution is 2.32. The van der Waals surface area contributed by atoms with Crippen LogP contribution in [0, 0.1) is 5.82 Å². The Hall–Kier alpha value is -5.38. The van der Waals surface area contributed by atoms with E-state index in [0.29, 0.717) is 51.9 Å². The first kappa shape index (κ1) is 37.4. The number of halogens is 1. The molecule has 6 rings (SSSR count). The molecule has 9 nitrogen and oxygen atoms in total. The lowest BCUT2D eigenvalue weighted by atomic mass is 9.93. The minimum atomic E-state index is -0.461. The molecule has 3 aromatic heterocycles. The van der Waals surface area contributed by atoms with Crippen LogP contribution < -0.4 is 0 Å². The third-order valence-corrected chi connectivity index (χ3v) is 8.41. The number of hydrogen-bond acceptors (Lipinski definition) is 9. The number of nitrogens with zero attached hydrogens (tertiary/aromatic N) is 9. The number of aromatic nitrogens is 9. The minimum Gasteiger partial charge on any atom is -0.217 e. The first-order chi connectivity index (χ1) is 24.6. The molecule has 0 amide bonds. The lowest BCUT2D eigenvalue weighted by Gasteiger charge is -2.22. The number of hydrogen-bond donors (Lipinski definition) is 0. The van der Waals surface area contributed by atoms with Gasteiger partial charge in [0.2, 0.25) is 0 Å². The monoisotopic (exact) mass is 709 g/mol. The third kappa shape index (κ3) is 8.48. The van der Waals surface area contributed by atoms with Gasteiger partial charge in [0.05, 0.1) is 0 Å². The first-order valence-electron chi connectivity index (χ1n) is 17.9. The normalized spacial score (nSPS) is 12.6. The Morgan fingerprint density at radius 1 is 0.321 bits per heavy atom. The summed E-state index contributed by atoms with van der Waals surface area (Å²) in [5.74, 6) is 4.40. The topological polar surface area (TPSA) is 116 Å². The standard InChI is InChI=1S/C43H48FN9/c1-40(2,3)36-48-33(49-37(52-36)41(4,5)6)27-20-16-19-26(21-27)32-45-31(25-17-14-13-15-18-25)46-34(47-32)28-22-29(24-30(44)23-28)35-50-38(42(7,8)9)53-39(51-35)43(10,11)12/h13-24H,1-12H3. The van der Waals surface area contributed by atoms with Crippen molar-refractivity contribution in [2.75, 3.05) is 0 Å². The maximum atomic E-state index is 15.6. The van der Waals surface area contributed by atoms with Gasteiger partial charge < -0.3 is 0 Å². The fraction of sp³-hybridized carbons (Fsp3) is 0.372. The predicted octanol–water partition coefficient (Wildman–Crippen LogP) is 9.91. The zero-order chi connectivity index (χ0) is 38.5. The summed E-state index contributed by atoms with van der Waals surface area (Å²) in [4.78, 5) is 43.8. The molecule has 0 saturated heterocycles. The van der Waals surface area contributed by atoms with Gasteiger partial charge in [-0.05, 0) is 24.3 Å². The fourth-order valence-corrected chi connectivity index (χ4v) is 5.35. The number of benzene rings is 3. The second-order valence-corrected chi connectivity index (χ2v) is 17.6. The van der Waals surface area contributed by atoms with Gasteiger partial charge in [-0.2, -0.15) is 0 Å². The van der Waals surface area contributed by atoms with E-state index in [4.69, 9.17) is 44.9 Å². The van der Waals surface area contributed by atoms with E-state index in [2.05, 4.69) is 83.1 Å². The molecule has 0 bridgehead atoms. The molecule has 0 N–H and O–H groups in total. The molecule has 3 aromatic carbocycles. The van der Waals surface area contributed by atoms with Crippen LogP contribution in [0.15, 0.2) is 72.8 Å². The molecule has 0 radical (unpaired) electrons. The van der Waals surface area contributed by atoms with E-state index in [9.17, 15) is 0 Å². The van der Waals surface area contributed by atoms with Gasteiger partial charge in [0.25, 0.3) is 0 Å². The molecule has 0 fully saturated rings. The lowest BCUT2D eigenvalue weighted by molar-refractivity contribution is 0.497. The van der Waals surface area contributed by atoms with Crippen LogP contribution >= 0.6 is 0 Å². The van der Waals surface area contributed by atoms with Crippen LogP contribution in [0.1, 0.15) is 106 Å². The van der Waals surface area contributed by atoms with Crippen molar-refractivity contribution in [2.45, 2.75) is 105 Å². The van der Waals surface area contributed by atoms with Gasteiger partial charge in [0, 0.05) is 49.5 Å². The number of rotatable bonds is 5. The van der Waals surface area contributed by atoms with E-state index >= 15 is 4.39 Å². The predicted molar refractivity (Wildman–Crippen MR) is 209 cm³/mol. The van der Waals surface area contributed by atoms with Gasteiger partial charge in [0.15, 0.2) is 29.1 Å². The highest BCUT2D eigenvalue weighted by molar-refractivity contribution is 5.72. The van der Waals surface area contributed by atoms with Gasteiger partial charge in [0.1, 0.15) is 29.1 Å². The van der Waals surface area contributed by atoms with Crippen LogP contribution in [0.3, 0.4) is 0 Å². The zero-order valence-corrected chi connectivity index (χ0v) is 32.8. The van der Waals surface area contributed by atoms with Crippen LogP contribution in [0.4, 0.5) is 4.39 Å². The van der Waals surface area contributed by atoms with Crippen molar-refractivity contribution in [3.05, 3.63) is 102 Å². The molecular formula is C43H48FN9. The Bertz CT molecular complexity index is 2230. The smallest absolute Gasteiger partial charge is 0.164 e. The average molecular weight is 710 g/mol. The van der Waals surface area contributed by atoms with E-state index in [1.807, 2.05) is 60.7 Å². The van der Waals surface area contributed by atoms with Crippen molar-refractivity contribution in [1.82, 2.24) is 44.9 Å². The van der Waals surface area contributed by atoms with E-state index in [-0.39, 0.29) is 21.7 Å². The molecule has 0 saturated carbocycles. The largest absolute Gasteiger partial charge is 0.217 e. The van der Waals surface area contributed by atoms with Crippen LogP contribution in [0.5, 0.6) is 0 Å². The van der Waals surface area contributed by atoms with E-state index in [0.717, 1.165) is 28.3 Å². The van der Waals surface area contributed by atoms with Crippen molar-refractivity contribution in [3.63, 3.8) is 0 Å². The molecule has 0 aliphatic carbocycles. The zero-order valence-electron chi connectivity index (χ0n) is 32.8. The Balaban J connectivity index is 1.53. The summed E-state index contributed by atoms with van der Waals surface area (Å²) in [6.45, 7) is 24.9. The fourth-order valence-electron chi connectivity index (χ4n) is 5.35. The molecular weight excluding hydrogens is 662 g/mol. The van der Waals surface area contributed by atoms with E-state index in [1.165, 1.54) is 12.1 Å². The van der Waals surface area contributed by atoms with Gasteiger partial charge in [-0.25, -0.2) is 49.2 Å². The quantitative estimate of drug-likeness (QED) is 0.172. The van der Waals surface area contributed by atoms with Crippen molar-refractivity contribution >= 4 is 0 Å².